The van der Waals surface area contributed by atoms with E-state index in [1.807, 2.05) is 20.8 Å². The molecule has 1 aromatic heterocycles. The lowest BCUT2D eigenvalue weighted by Gasteiger charge is -2.25. The number of thiazole rings is 1. The van der Waals surface area contributed by atoms with Crippen LogP contribution in [0.2, 0.25) is 0 Å². The molecular weight excluding hydrogens is 515 g/mol. The molecule has 0 radical (unpaired) electrons. The van der Waals surface area contributed by atoms with Crippen molar-refractivity contribution in [1.29, 1.82) is 0 Å². The van der Waals surface area contributed by atoms with Gasteiger partial charge in [-0.05, 0) is 75.9 Å². The number of aromatic nitrogens is 1. The van der Waals surface area contributed by atoms with E-state index < -0.39 is 23.3 Å². The smallest absolute Gasteiger partial charge is 0.416 e. The highest BCUT2D eigenvalue weighted by molar-refractivity contribution is 7.15. The van der Waals surface area contributed by atoms with E-state index >= 15 is 0 Å². The van der Waals surface area contributed by atoms with Crippen LogP contribution in [-0.2, 0) is 22.1 Å². The number of hydrogen-bond acceptors (Lipinski definition) is 6. The fourth-order valence-electron chi connectivity index (χ4n) is 3.85. The Hall–Kier alpha value is -3.20. The van der Waals surface area contributed by atoms with E-state index in [0.29, 0.717) is 28.3 Å². The number of Topliss-reactive ketones (excluding diaryl/α,β-unsaturated/α-hetero) is 1. The van der Waals surface area contributed by atoms with E-state index in [4.69, 9.17) is 9.47 Å². The maximum atomic E-state index is 13.0. The molecule has 0 fully saturated rings. The van der Waals surface area contributed by atoms with Crippen LogP contribution in [0.1, 0.15) is 79.0 Å². The maximum absolute atomic E-state index is 13.0. The second kappa shape index (κ2) is 11.7. The number of aryl methyl sites for hydroxylation is 2. The van der Waals surface area contributed by atoms with Crippen molar-refractivity contribution in [3.05, 3.63) is 69.7 Å². The molecule has 204 valence electrons. The van der Waals surface area contributed by atoms with Gasteiger partial charge < -0.3 is 9.47 Å². The highest BCUT2D eigenvalue weighted by atomic mass is 32.1. The van der Waals surface area contributed by atoms with E-state index in [-0.39, 0.29) is 24.7 Å². The SMILES string of the molecule is CCOC(=O)C(C)(C)Oc1ccc(C(=O)CCc2sc(-c3ccc(C(F)(F)F)cc3)nc2C(C)C)cc1C. The molecule has 0 saturated carbocycles. The normalized spacial score (nSPS) is 12.1. The Morgan fingerprint density at radius 3 is 2.26 bits per heavy atom. The Labute approximate surface area is 225 Å². The van der Waals surface area contributed by atoms with Crippen LogP contribution in [0.25, 0.3) is 10.6 Å². The van der Waals surface area contributed by atoms with Crippen molar-refractivity contribution >= 4 is 23.1 Å². The Morgan fingerprint density at radius 2 is 1.71 bits per heavy atom. The largest absolute Gasteiger partial charge is 0.476 e. The Morgan fingerprint density at radius 1 is 1.05 bits per heavy atom. The average Bonchev–Trinajstić information content (AvgIpc) is 3.28. The number of carbonyl (C=O) groups excluding carboxylic acids is 2. The fourth-order valence-corrected chi connectivity index (χ4v) is 5.07. The Balaban J connectivity index is 1.73. The third-order valence-corrected chi connectivity index (χ3v) is 7.12. The number of benzene rings is 2. The minimum Gasteiger partial charge on any atom is -0.476 e. The molecule has 38 heavy (non-hydrogen) atoms. The minimum atomic E-state index is -4.39. The lowest BCUT2D eigenvalue weighted by molar-refractivity contribution is -0.158. The third-order valence-electron chi connectivity index (χ3n) is 5.94. The van der Waals surface area contributed by atoms with E-state index in [2.05, 4.69) is 4.98 Å². The second-order valence-corrected chi connectivity index (χ2v) is 10.9. The Bertz CT molecular complexity index is 1290. The third kappa shape index (κ3) is 7.01. The highest BCUT2D eigenvalue weighted by Gasteiger charge is 2.32. The van der Waals surface area contributed by atoms with Crippen LogP contribution in [0.4, 0.5) is 13.2 Å². The summed E-state index contributed by atoms with van der Waals surface area (Å²) in [6, 6.07) is 10.1. The molecule has 1 heterocycles. The molecule has 3 rings (SSSR count). The number of ketones is 1. The van der Waals surface area contributed by atoms with E-state index in [1.165, 1.54) is 23.5 Å². The summed E-state index contributed by atoms with van der Waals surface area (Å²) in [6.07, 6.45) is -3.67. The van der Waals surface area contributed by atoms with Gasteiger partial charge in [0, 0.05) is 22.4 Å². The van der Waals surface area contributed by atoms with Crippen LogP contribution in [0.15, 0.2) is 42.5 Å². The lowest BCUT2D eigenvalue weighted by atomic mass is 10.0. The molecule has 0 amide bonds. The minimum absolute atomic E-state index is 0.0523. The number of nitrogens with zero attached hydrogens (tertiary/aromatic N) is 1. The van der Waals surface area contributed by atoms with Crippen molar-refractivity contribution in [3.8, 4) is 16.3 Å². The van der Waals surface area contributed by atoms with Gasteiger partial charge in [-0.3, -0.25) is 4.79 Å². The summed E-state index contributed by atoms with van der Waals surface area (Å²) in [5, 5.41) is 0.631. The molecule has 0 atom stereocenters. The zero-order valence-corrected chi connectivity index (χ0v) is 23.2. The van der Waals surface area contributed by atoms with Gasteiger partial charge in [0.05, 0.1) is 17.9 Å². The summed E-state index contributed by atoms with van der Waals surface area (Å²) >= 11 is 1.40. The van der Waals surface area contributed by atoms with Crippen molar-refractivity contribution in [2.75, 3.05) is 6.61 Å². The van der Waals surface area contributed by atoms with Crippen molar-refractivity contribution < 1.29 is 32.2 Å². The van der Waals surface area contributed by atoms with Crippen LogP contribution < -0.4 is 4.74 Å². The van der Waals surface area contributed by atoms with Crippen LogP contribution in [0, 0.1) is 6.92 Å². The standard InChI is InChI=1S/C29H32F3NO4S/c1-7-36-27(35)28(5,6)37-23-14-10-20(16-18(23)4)22(34)13-15-24-25(17(2)3)33-26(38-24)19-8-11-21(12-9-19)29(30,31)32/h8-12,14,16-17H,7,13,15H2,1-6H3. The van der Waals surface area contributed by atoms with Gasteiger partial charge in [-0.15, -0.1) is 11.3 Å². The molecule has 0 unspecified atom stereocenters. The van der Waals surface area contributed by atoms with Gasteiger partial charge in [-0.1, -0.05) is 26.0 Å². The van der Waals surface area contributed by atoms with Gasteiger partial charge in [-0.2, -0.15) is 13.2 Å². The molecule has 2 aromatic carbocycles. The molecule has 5 nitrogen and oxygen atoms in total. The van der Waals surface area contributed by atoms with Gasteiger partial charge in [-0.25, -0.2) is 9.78 Å². The molecule has 0 aliphatic rings. The molecule has 0 spiro atoms. The number of hydrogen-bond donors (Lipinski definition) is 0. The summed E-state index contributed by atoms with van der Waals surface area (Å²) in [5.41, 5.74) is 0.833. The predicted molar refractivity (Wildman–Crippen MR) is 142 cm³/mol. The number of ether oxygens (including phenoxy) is 2. The molecule has 0 bridgehead atoms. The zero-order valence-electron chi connectivity index (χ0n) is 22.4. The van der Waals surface area contributed by atoms with Crippen LogP contribution in [0.3, 0.4) is 0 Å². The molecule has 0 aliphatic heterocycles. The first-order chi connectivity index (χ1) is 17.7. The van der Waals surface area contributed by atoms with E-state index in [1.54, 1.807) is 39.0 Å². The topological polar surface area (TPSA) is 65.5 Å². The molecule has 0 aliphatic carbocycles. The molecule has 0 saturated heterocycles. The van der Waals surface area contributed by atoms with Gasteiger partial charge in [0.15, 0.2) is 11.4 Å². The zero-order chi connectivity index (χ0) is 28.3. The van der Waals surface area contributed by atoms with Crippen molar-refractivity contribution in [3.63, 3.8) is 0 Å². The second-order valence-electron chi connectivity index (χ2n) is 9.79. The highest BCUT2D eigenvalue weighted by Crippen LogP contribution is 2.35. The van der Waals surface area contributed by atoms with E-state index in [9.17, 15) is 22.8 Å². The monoisotopic (exact) mass is 547 g/mol. The summed E-state index contributed by atoms with van der Waals surface area (Å²) in [5.74, 6) is 0.0653. The first-order valence-electron chi connectivity index (χ1n) is 12.4. The van der Waals surface area contributed by atoms with Crippen molar-refractivity contribution in [2.24, 2.45) is 0 Å². The Kier molecular flexibility index (Phi) is 9.02. The lowest BCUT2D eigenvalue weighted by Crippen LogP contribution is -2.39. The number of alkyl halides is 3. The predicted octanol–water partition coefficient (Wildman–Crippen LogP) is 7.80. The van der Waals surface area contributed by atoms with Crippen molar-refractivity contribution in [1.82, 2.24) is 4.98 Å². The van der Waals surface area contributed by atoms with Gasteiger partial charge in [0.2, 0.25) is 0 Å². The van der Waals surface area contributed by atoms with Gasteiger partial charge in [0.1, 0.15) is 10.8 Å². The summed E-state index contributed by atoms with van der Waals surface area (Å²) in [7, 11) is 0. The first-order valence-corrected chi connectivity index (χ1v) is 13.2. The number of carbonyl (C=O) groups is 2. The fraction of sp³-hybridized carbons (Fsp3) is 0.414. The quantitative estimate of drug-likeness (QED) is 0.191. The summed E-state index contributed by atoms with van der Waals surface area (Å²) in [4.78, 5) is 30.8. The number of halogens is 3. The summed E-state index contributed by atoms with van der Waals surface area (Å²) < 4.78 is 49.7. The molecule has 9 heteroatoms. The number of esters is 1. The first kappa shape index (κ1) is 29.4. The van der Waals surface area contributed by atoms with Crippen molar-refractivity contribution in [2.45, 2.75) is 72.1 Å². The van der Waals surface area contributed by atoms with Crippen LogP contribution in [0.5, 0.6) is 5.75 Å². The van der Waals surface area contributed by atoms with E-state index in [0.717, 1.165) is 28.3 Å². The van der Waals surface area contributed by atoms with Crippen LogP contribution >= 0.6 is 11.3 Å². The summed E-state index contributed by atoms with van der Waals surface area (Å²) in [6.45, 7) is 11.0. The van der Waals surface area contributed by atoms with Gasteiger partial charge in [0.25, 0.3) is 0 Å². The maximum Gasteiger partial charge on any atom is 0.416 e. The average molecular weight is 548 g/mol. The molecular formula is C29H32F3NO4S. The van der Waals surface area contributed by atoms with Crippen LogP contribution in [-0.4, -0.2) is 28.9 Å². The molecule has 0 N–H and O–H groups in total. The molecule has 3 aromatic rings. The van der Waals surface area contributed by atoms with Gasteiger partial charge >= 0.3 is 12.1 Å². The number of rotatable bonds is 10.